The molecule has 124 valence electrons. The van der Waals surface area contributed by atoms with E-state index in [9.17, 15) is 19.2 Å². The van der Waals surface area contributed by atoms with E-state index in [0.29, 0.717) is 0 Å². The molecular weight excluding hydrogens is 304 g/mol. The zero-order chi connectivity index (χ0) is 17.3. The number of methoxy groups -OCH3 is 1. The average Bonchev–Trinajstić information content (AvgIpc) is 3.00. The van der Waals surface area contributed by atoms with Gasteiger partial charge in [0.25, 0.3) is 5.56 Å². The van der Waals surface area contributed by atoms with Crippen LogP contribution in [0.15, 0.2) is 15.9 Å². The van der Waals surface area contributed by atoms with Crippen LogP contribution in [0.25, 0.3) is 11.2 Å². The van der Waals surface area contributed by atoms with Gasteiger partial charge in [0, 0.05) is 13.5 Å². The van der Waals surface area contributed by atoms with Gasteiger partial charge in [-0.2, -0.15) is 0 Å². The molecule has 2 rings (SSSR count). The Morgan fingerprint density at radius 1 is 1.35 bits per heavy atom. The highest BCUT2D eigenvalue weighted by atomic mass is 16.5. The number of hydrogen-bond acceptors (Lipinski definition) is 6. The van der Waals surface area contributed by atoms with Crippen molar-refractivity contribution in [2.24, 2.45) is 7.05 Å². The molecule has 0 aliphatic carbocycles. The molecule has 0 aromatic carbocycles. The Labute approximate surface area is 131 Å². The zero-order valence-electron chi connectivity index (χ0n) is 13.4. The molecule has 9 nitrogen and oxygen atoms in total. The fourth-order valence-corrected chi connectivity index (χ4v) is 2.29. The minimum Gasteiger partial charge on any atom is -0.467 e. The van der Waals surface area contributed by atoms with Gasteiger partial charge >= 0.3 is 11.7 Å². The van der Waals surface area contributed by atoms with Gasteiger partial charge in [0.1, 0.15) is 6.04 Å². The standard InChI is InChI=1S/C14H18N4O5/c1-5-9(19)6-17-12(20)10-11(16(3)14(17)22)15-7-18(10)8(2)13(21)23-4/h7-8H,5-6H2,1-4H3. The van der Waals surface area contributed by atoms with Gasteiger partial charge in [0.2, 0.25) is 0 Å². The third-order valence-electron chi connectivity index (χ3n) is 3.75. The Morgan fingerprint density at radius 2 is 2.00 bits per heavy atom. The Balaban J connectivity index is 2.77. The van der Waals surface area contributed by atoms with Gasteiger partial charge < -0.3 is 9.30 Å². The number of hydrogen-bond donors (Lipinski definition) is 0. The van der Waals surface area contributed by atoms with E-state index in [0.717, 1.165) is 4.57 Å². The number of Topliss-reactive ketones (excluding diaryl/α,β-unsaturated/α-hetero) is 1. The Morgan fingerprint density at radius 3 is 2.57 bits per heavy atom. The SMILES string of the molecule is CCC(=O)Cn1c(=O)c2c(ncn2C(C)C(=O)OC)n(C)c1=O. The third-order valence-corrected chi connectivity index (χ3v) is 3.75. The normalized spacial score (nSPS) is 12.3. The highest BCUT2D eigenvalue weighted by molar-refractivity contribution is 5.79. The van der Waals surface area contributed by atoms with E-state index in [1.54, 1.807) is 13.8 Å². The summed E-state index contributed by atoms with van der Waals surface area (Å²) in [6, 6.07) is -0.787. The lowest BCUT2D eigenvalue weighted by Gasteiger charge is -2.13. The quantitative estimate of drug-likeness (QED) is 0.694. The lowest BCUT2D eigenvalue weighted by atomic mass is 10.3. The fourth-order valence-electron chi connectivity index (χ4n) is 2.29. The van der Waals surface area contributed by atoms with Crippen LogP contribution in [0.2, 0.25) is 0 Å². The molecule has 1 unspecified atom stereocenters. The van der Waals surface area contributed by atoms with Gasteiger partial charge in [-0.25, -0.2) is 14.6 Å². The summed E-state index contributed by atoms with van der Waals surface area (Å²) in [6.07, 6.45) is 1.52. The maximum absolute atomic E-state index is 12.6. The first-order valence-electron chi connectivity index (χ1n) is 7.09. The molecule has 1 atom stereocenters. The van der Waals surface area contributed by atoms with Crippen molar-refractivity contribution in [1.29, 1.82) is 0 Å². The molecule has 0 aliphatic heterocycles. The summed E-state index contributed by atoms with van der Waals surface area (Å²) >= 11 is 0. The molecule has 2 aromatic rings. The summed E-state index contributed by atoms with van der Waals surface area (Å²) in [7, 11) is 2.70. The predicted octanol–water partition coefficient (Wildman–Crippen LogP) is -0.390. The molecule has 9 heteroatoms. The number of carbonyl (C=O) groups excluding carboxylic acids is 2. The monoisotopic (exact) mass is 322 g/mol. The van der Waals surface area contributed by atoms with Crippen LogP contribution in [-0.2, 0) is 27.9 Å². The molecule has 0 amide bonds. The summed E-state index contributed by atoms with van der Waals surface area (Å²) in [5, 5.41) is 0. The smallest absolute Gasteiger partial charge is 0.332 e. The lowest BCUT2D eigenvalue weighted by molar-refractivity contribution is -0.143. The number of rotatable bonds is 5. The molecule has 0 saturated heterocycles. The van der Waals surface area contributed by atoms with Crippen molar-refractivity contribution in [2.75, 3.05) is 7.11 Å². The number of ether oxygens (including phenoxy) is 1. The van der Waals surface area contributed by atoms with Crippen molar-refractivity contribution >= 4 is 22.9 Å². The molecular formula is C14H18N4O5. The van der Waals surface area contributed by atoms with E-state index in [1.165, 1.54) is 29.6 Å². The highest BCUT2D eigenvalue weighted by Gasteiger charge is 2.23. The fraction of sp³-hybridized carbons (Fsp3) is 0.500. The van der Waals surface area contributed by atoms with E-state index < -0.39 is 23.3 Å². The van der Waals surface area contributed by atoms with Crippen molar-refractivity contribution < 1.29 is 14.3 Å². The number of aromatic nitrogens is 4. The van der Waals surface area contributed by atoms with E-state index in [4.69, 9.17) is 0 Å². The van der Waals surface area contributed by atoms with Crippen molar-refractivity contribution in [3.63, 3.8) is 0 Å². The number of carbonyl (C=O) groups is 2. The number of esters is 1. The third kappa shape index (κ3) is 2.69. The Hall–Kier alpha value is -2.71. The van der Waals surface area contributed by atoms with Gasteiger partial charge in [-0.1, -0.05) is 6.92 Å². The first-order valence-corrected chi connectivity index (χ1v) is 7.09. The predicted molar refractivity (Wildman–Crippen MR) is 81.3 cm³/mol. The second-order valence-corrected chi connectivity index (χ2v) is 5.15. The van der Waals surface area contributed by atoms with Crippen molar-refractivity contribution in [1.82, 2.24) is 18.7 Å². The molecule has 0 radical (unpaired) electrons. The van der Waals surface area contributed by atoms with Crippen molar-refractivity contribution in [3.05, 3.63) is 27.2 Å². The second-order valence-electron chi connectivity index (χ2n) is 5.15. The number of ketones is 1. The molecule has 2 heterocycles. The summed E-state index contributed by atoms with van der Waals surface area (Å²) in [6.45, 7) is 2.90. The average molecular weight is 322 g/mol. The minimum absolute atomic E-state index is 0.0777. The molecule has 0 saturated carbocycles. The molecule has 0 fully saturated rings. The maximum atomic E-state index is 12.6. The molecule has 2 aromatic heterocycles. The van der Waals surface area contributed by atoms with E-state index in [2.05, 4.69) is 9.72 Å². The lowest BCUT2D eigenvalue weighted by Crippen LogP contribution is -2.41. The summed E-state index contributed by atoms with van der Waals surface area (Å²) in [5.74, 6) is -0.788. The molecule has 0 N–H and O–H groups in total. The Bertz CT molecular complexity index is 889. The topological polar surface area (TPSA) is 105 Å². The molecule has 23 heavy (non-hydrogen) atoms. The Kier molecular flexibility index (Phi) is 4.48. The zero-order valence-corrected chi connectivity index (χ0v) is 13.4. The van der Waals surface area contributed by atoms with Crippen LogP contribution in [-0.4, -0.2) is 37.5 Å². The highest BCUT2D eigenvalue weighted by Crippen LogP contribution is 2.14. The van der Waals surface area contributed by atoms with Gasteiger partial charge in [-0.3, -0.25) is 18.7 Å². The van der Waals surface area contributed by atoms with Crippen LogP contribution >= 0.6 is 0 Å². The van der Waals surface area contributed by atoms with Gasteiger partial charge in [0.15, 0.2) is 16.9 Å². The molecule has 0 aliphatic rings. The van der Waals surface area contributed by atoms with E-state index in [1.807, 2.05) is 0 Å². The first kappa shape index (κ1) is 16.7. The van der Waals surface area contributed by atoms with Crippen molar-refractivity contribution in [3.8, 4) is 0 Å². The molecule has 0 bridgehead atoms. The van der Waals surface area contributed by atoms with Crippen LogP contribution in [0.1, 0.15) is 26.3 Å². The van der Waals surface area contributed by atoms with Gasteiger partial charge in [-0.15, -0.1) is 0 Å². The summed E-state index contributed by atoms with van der Waals surface area (Å²) in [5.41, 5.74) is -1.05. The van der Waals surface area contributed by atoms with Crippen LogP contribution in [0.4, 0.5) is 0 Å². The van der Waals surface area contributed by atoms with E-state index >= 15 is 0 Å². The maximum Gasteiger partial charge on any atom is 0.332 e. The van der Waals surface area contributed by atoms with Gasteiger partial charge in [0.05, 0.1) is 20.0 Å². The molecule has 0 spiro atoms. The number of fused-ring (bicyclic) bond motifs is 1. The van der Waals surface area contributed by atoms with Crippen LogP contribution < -0.4 is 11.2 Å². The van der Waals surface area contributed by atoms with Crippen LogP contribution in [0, 0.1) is 0 Å². The number of imidazole rings is 1. The second kappa shape index (κ2) is 6.19. The first-order chi connectivity index (χ1) is 10.8. The largest absolute Gasteiger partial charge is 0.467 e. The van der Waals surface area contributed by atoms with Crippen LogP contribution in [0.3, 0.4) is 0 Å². The van der Waals surface area contributed by atoms with E-state index in [-0.39, 0.29) is 29.9 Å². The number of nitrogens with zero attached hydrogens (tertiary/aromatic N) is 4. The number of aryl methyl sites for hydroxylation is 1. The summed E-state index contributed by atoms with van der Waals surface area (Å²) in [4.78, 5) is 52.3. The van der Waals surface area contributed by atoms with Gasteiger partial charge in [-0.05, 0) is 6.92 Å². The van der Waals surface area contributed by atoms with Crippen LogP contribution in [0.5, 0.6) is 0 Å². The van der Waals surface area contributed by atoms with Crippen molar-refractivity contribution in [2.45, 2.75) is 32.9 Å². The summed E-state index contributed by atoms with van der Waals surface area (Å²) < 4.78 is 8.05. The minimum atomic E-state index is -0.787.